The molecule has 9 heteroatoms. The summed E-state index contributed by atoms with van der Waals surface area (Å²) in [7, 11) is -3.74. The normalized spacial score (nSPS) is 12.3. The molecule has 0 aliphatic heterocycles. The molecule has 3 aromatic rings. The van der Waals surface area contributed by atoms with Gasteiger partial charge in [-0.1, -0.05) is 6.07 Å². The molecule has 120 valence electrons. The first kappa shape index (κ1) is 15.9. The van der Waals surface area contributed by atoms with Crippen LogP contribution in [0.2, 0.25) is 0 Å². The first-order valence-electron chi connectivity index (χ1n) is 6.40. The molecule has 0 spiro atoms. The predicted octanol–water partition coefficient (Wildman–Crippen LogP) is 3.79. The first-order chi connectivity index (χ1) is 10.9. The molecule has 0 bridgehead atoms. The molecule has 1 aromatic heterocycles. The van der Waals surface area contributed by atoms with Gasteiger partial charge in [-0.05, 0) is 59.0 Å². The van der Waals surface area contributed by atoms with Gasteiger partial charge >= 0.3 is 0 Å². The number of azo groups is 1. The highest BCUT2D eigenvalue weighted by molar-refractivity contribution is 14.1. The molecule has 0 aliphatic rings. The van der Waals surface area contributed by atoms with Crippen LogP contribution in [-0.2, 0) is 10.0 Å². The van der Waals surface area contributed by atoms with Crippen LogP contribution in [0, 0.1) is 3.57 Å². The van der Waals surface area contributed by atoms with Crippen molar-refractivity contribution >= 4 is 54.9 Å². The van der Waals surface area contributed by atoms with E-state index >= 15 is 0 Å². The molecule has 7 nitrogen and oxygen atoms in total. The van der Waals surface area contributed by atoms with Crippen LogP contribution < -0.4 is 5.14 Å². The summed E-state index contributed by atoms with van der Waals surface area (Å²) in [5.74, 6) is -0.0750. The minimum atomic E-state index is -3.74. The van der Waals surface area contributed by atoms with Gasteiger partial charge in [0.1, 0.15) is 0 Å². The van der Waals surface area contributed by atoms with Gasteiger partial charge < -0.3 is 10.1 Å². The number of aromatic hydroxyl groups is 1. The van der Waals surface area contributed by atoms with Gasteiger partial charge in [-0.15, -0.1) is 5.11 Å². The summed E-state index contributed by atoms with van der Waals surface area (Å²) >= 11 is 2.15. The van der Waals surface area contributed by atoms with Crippen LogP contribution in [-0.4, -0.2) is 18.5 Å². The first-order valence-corrected chi connectivity index (χ1v) is 9.02. The maximum Gasteiger partial charge on any atom is 0.238 e. The molecule has 0 fully saturated rings. The molecular formula is C14H13IN4O3S. The third-order valence-electron chi connectivity index (χ3n) is 3.16. The number of rotatable bonds is 3. The monoisotopic (exact) mass is 444 g/mol. The summed E-state index contributed by atoms with van der Waals surface area (Å²) in [4.78, 5) is 2.84. The largest absolute Gasteiger partial charge is 0.493 e. The number of fused-ring (bicyclic) bond motifs is 1. The Balaban J connectivity index is 0.00000208. The lowest BCUT2D eigenvalue weighted by atomic mass is 10.2. The van der Waals surface area contributed by atoms with Crippen molar-refractivity contribution in [2.24, 2.45) is 15.4 Å². The zero-order chi connectivity index (χ0) is 16.6. The summed E-state index contributed by atoms with van der Waals surface area (Å²) in [5, 5.41) is 23.9. The highest BCUT2D eigenvalue weighted by atomic mass is 127. The van der Waals surface area contributed by atoms with Gasteiger partial charge in [0.05, 0.1) is 16.1 Å². The van der Waals surface area contributed by atoms with Crippen molar-refractivity contribution < 1.29 is 15.0 Å². The summed E-state index contributed by atoms with van der Waals surface area (Å²) in [6.45, 7) is 0. The van der Waals surface area contributed by atoms with Crippen molar-refractivity contribution in [2.45, 2.75) is 4.90 Å². The Morgan fingerprint density at radius 1 is 1.13 bits per heavy atom. The fourth-order valence-electron chi connectivity index (χ4n) is 2.08. The third kappa shape index (κ3) is 3.21. The van der Waals surface area contributed by atoms with E-state index in [1.165, 1.54) is 24.3 Å². The van der Waals surface area contributed by atoms with Crippen LogP contribution in [0.5, 0.6) is 5.88 Å². The van der Waals surface area contributed by atoms with Crippen LogP contribution in [0.15, 0.2) is 57.6 Å². The van der Waals surface area contributed by atoms with Gasteiger partial charge in [0.2, 0.25) is 15.9 Å². The lowest BCUT2D eigenvalue weighted by Gasteiger charge is -1.98. The smallest absolute Gasteiger partial charge is 0.238 e. The SMILES string of the molecule is NS(=O)(=O)c1ccc(N=Nc2c(O)[nH]c3cccc(I)c23)cc1.[HH]. The molecule has 0 aliphatic carbocycles. The topological polar surface area (TPSA) is 121 Å². The van der Waals surface area contributed by atoms with Gasteiger partial charge in [0.15, 0.2) is 5.69 Å². The number of sulfonamides is 1. The number of nitrogens with one attached hydrogen (secondary N) is 1. The van der Waals surface area contributed by atoms with Crippen LogP contribution in [0.3, 0.4) is 0 Å². The lowest BCUT2D eigenvalue weighted by Crippen LogP contribution is -2.11. The Kier molecular flexibility index (Phi) is 4.08. The number of nitrogens with zero attached hydrogens (tertiary/aromatic N) is 2. The number of benzene rings is 2. The number of nitrogens with two attached hydrogens (primary N) is 1. The standard InChI is InChI=1S/C14H11IN4O3S.H2/c15-10-2-1-3-11-12(10)13(14(20)17-11)19-18-8-4-6-9(7-5-8)23(16,21)22;/h1-7,17,20H,(H2,16,21,22);1H. The summed E-state index contributed by atoms with van der Waals surface area (Å²) < 4.78 is 23.3. The van der Waals surface area contributed by atoms with E-state index in [0.717, 1.165) is 14.5 Å². The average molecular weight is 444 g/mol. The maximum atomic E-state index is 11.2. The highest BCUT2D eigenvalue weighted by Gasteiger charge is 2.13. The Hall–Kier alpha value is -1.98. The van der Waals surface area contributed by atoms with Crippen molar-refractivity contribution in [2.75, 3.05) is 0 Å². The van der Waals surface area contributed by atoms with Gasteiger partial charge in [-0.3, -0.25) is 0 Å². The maximum absolute atomic E-state index is 11.2. The molecule has 23 heavy (non-hydrogen) atoms. The fourth-order valence-corrected chi connectivity index (χ4v) is 3.35. The Morgan fingerprint density at radius 3 is 2.48 bits per heavy atom. The Bertz CT molecular complexity index is 1020. The molecule has 0 unspecified atom stereocenters. The zero-order valence-corrected chi connectivity index (χ0v) is 14.5. The van der Waals surface area contributed by atoms with Gasteiger partial charge in [-0.25, -0.2) is 13.6 Å². The number of halogens is 1. The molecule has 0 radical (unpaired) electrons. The van der Waals surface area contributed by atoms with Crippen molar-refractivity contribution in [3.63, 3.8) is 0 Å². The third-order valence-corrected chi connectivity index (χ3v) is 4.99. The van der Waals surface area contributed by atoms with E-state index in [1.54, 1.807) is 0 Å². The summed E-state index contributed by atoms with van der Waals surface area (Å²) in [6, 6.07) is 11.3. The van der Waals surface area contributed by atoms with Gasteiger partial charge in [-0.2, -0.15) is 5.11 Å². The molecule has 3 rings (SSSR count). The quantitative estimate of drug-likeness (QED) is 0.421. The van der Waals surface area contributed by atoms with Crippen molar-refractivity contribution in [3.05, 3.63) is 46.0 Å². The number of hydrogen-bond donors (Lipinski definition) is 3. The van der Waals surface area contributed by atoms with Crippen molar-refractivity contribution in [1.29, 1.82) is 0 Å². The van der Waals surface area contributed by atoms with E-state index in [1.807, 2.05) is 18.2 Å². The minimum absolute atomic E-state index is 0. The van der Waals surface area contributed by atoms with E-state index in [4.69, 9.17) is 5.14 Å². The molecular weight excluding hydrogens is 431 g/mol. The minimum Gasteiger partial charge on any atom is -0.493 e. The van der Waals surface area contributed by atoms with E-state index < -0.39 is 10.0 Å². The van der Waals surface area contributed by atoms with Crippen LogP contribution in [0.4, 0.5) is 11.4 Å². The zero-order valence-electron chi connectivity index (χ0n) is 11.6. The lowest BCUT2D eigenvalue weighted by molar-refractivity contribution is 0.459. The summed E-state index contributed by atoms with van der Waals surface area (Å²) in [6.07, 6.45) is 0. The second kappa shape index (κ2) is 5.91. The second-order valence-electron chi connectivity index (χ2n) is 4.72. The number of primary sulfonamides is 1. The van der Waals surface area contributed by atoms with E-state index in [9.17, 15) is 13.5 Å². The van der Waals surface area contributed by atoms with Crippen LogP contribution in [0.1, 0.15) is 1.43 Å². The Labute approximate surface area is 146 Å². The highest BCUT2D eigenvalue weighted by Crippen LogP contribution is 2.38. The molecule has 0 saturated carbocycles. The number of hydrogen-bond acceptors (Lipinski definition) is 5. The van der Waals surface area contributed by atoms with E-state index in [2.05, 4.69) is 37.8 Å². The molecule has 4 N–H and O–H groups in total. The predicted molar refractivity (Wildman–Crippen MR) is 96.8 cm³/mol. The van der Waals surface area contributed by atoms with Gasteiger partial charge in [0, 0.05) is 10.4 Å². The molecule has 0 saturated heterocycles. The fraction of sp³-hybridized carbons (Fsp3) is 0. The van der Waals surface area contributed by atoms with E-state index in [-0.39, 0.29) is 12.2 Å². The number of aromatic nitrogens is 1. The van der Waals surface area contributed by atoms with Crippen molar-refractivity contribution in [1.82, 2.24) is 4.98 Å². The molecule has 1 heterocycles. The van der Waals surface area contributed by atoms with Crippen LogP contribution >= 0.6 is 22.6 Å². The van der Waals surface area contributed by atoms with Crippen LogP contribution in [0.25, 0.3) is 10.9 Å². The second-order valence-corrected chi connectivity index (χ2v) is 7.45. The average Bonchev–Trinajstić information content (AvgIpc) is 2.81. The Morgan fingerprint density at radius 2 is 1.83 bits per heavy atom. The van der Waals surface area contributed by atoms with Crippen molar-refractivity contribution in [3.8, 4) is 5.88 Å². The summed E-state index contributed by atoms with van der Waals surface area (Å²) in [5.41, 5.74) is 1.53. The number of H-pyrrole nitrogens is 1. The number of aromatic amines is 1. The van der Waals surface area contributed by atoms with E-state index in [0.29, 0.717) is 11.4 Å². The van der Waals surface area contributed by atoms with Gasteiger partial charge in [0.25, 0.3) is 0 Å². The molecule has 0 amide bonds. The molecule has 0 atom stereocenters. The molecule has 2 aromatic carbocycles.